The van der Waals surface area contributed by atoms with E-state index in [1.807, 2.05) is 6.92 Å². The summed E-state index contributed by atoms with van der Waals surface area (Å²) >= 11 is 0. The number of aryl methyl sites for hydroxylation is 1. The molecule has 0 atom stereocenters. The van der Waals surface area contributed by atoms with E-state index in [1.165, 1.54) is 16.8 Å². The molecule has 1 amide bonds. The van der Waals surface area contributed by atoms with Crippen molar-refractivity contribution in [3.05, 3.63) is 33.9 Å². The predicted molar refractivity (Wildman–Crippen MR) is 74.0 cm³/mol. The first kappa shape index (κ1) is 14.3. The molecule has 7 heteroatoms. The van der Waals surface area contributed by atoms with Crippen molar-refractivity contribution < 1.29 is 9.53 Å². The lowest BCUT2D eigenvalue weighted by atomic mass is 10.3. The molecule has 0 saturated carbocycles. The molecule has 0 aliphatic heterocycles. The monoisotopic (exact) mass is 278 g/mol. The van der Waals surface area contributed by atoms with Crippen LogP contribution < -0.4 is 10.9 Å². The molecule has 2 rings (SSSR count). The Labute approximate surface area is 115 Å². The number of aromatic nitrogens is 3. The van der Waals surface area contributed by atoms with E-state index in [4.69, 9.17) is 4.74 Å². The fraction of sp³-hybridized carbons (Fsp3) is 0.462. The van der Waals surface area contributed by atoms with Crippen LogP contribution in [0.2, 0.25) is 0 Å². The highest BCUT2D eigenvalue weighted by Crippen LogP contribution is 2.06. The predicted octanol–water partition coefficient (Wildman–Crippen LogP) is 0.487. The molecule has 0 aliphatic rings. The molecular weight excluding hydrogens is 260 g/mol. The Morgan fingerprint density at radius 1 is 1.55 bits per heavy atom. The number of rotatable bonds is 6. The topological polar surface area (TPSA) is 88.5 Å². The van der Waals surface area contributed by atoms with E-state index in [9.17, 15) is 9.59 Å². The van der Waals surface area contributed by atoms with Crippen LogP contribution in [0.5, 0.6) is 0 Å². The molecule has 0 aliphatic carbocycles. The van der Waals surface area contributed by atoms with E-state index in [2.05, 4.69) is 15.4 Å². The van der Waals surface area contributed by atoms with Crippen molar-refractivity contribution in [1.82, 2.24) is 19.9 Å². The SMILES string of the molecule is CCOCCCNC(=O)c1c[nH]n2c(=O)cc(C)nc12. The van der Waals surface area contributed by atoms with E-state index in [1.54, 1.807) is 6.92 Å². The van der Waals surface area contributed by atoms with Gasteiger partial charge in [-0.2, -0.15) is 0 Å². The van der Waals surface area contributed by atoms with Gasteiger partial charge >= 0.3 is 0 Å². The van der Waals surface area contributed by atoms with Crippen molar-refractivity contribution in [3.63, 3.8) is 0 Å². The second-order valence-corrected chi connectivity index (χ2v) is 4.39. The molecule has 0 radical (unpaired) electrons. The molecule has 0 bridgehead atoms. The summed E-state index contributed by atoms with van der Waals surface area (Å²) in [6, 6.07) is 1.41. The van der Waals surface area contributed by atoms with E-state index in [0.717, 1.165) is 6.42 Å². The Bertz CT molecular complexity index is 659. The zero-order valence-electron chi connectivity index (χ0n) is 11.6. The molecule has 0 spiro atoms. The molecule has 108 valence electrons. The van der Waals surface area contributed by atoms with E-state index >= 15 is 0 Å². The van der Waals surface area contributed by atoms with Crippen molar-refractivity contribution in [2.75, 3.05) is 19.8 Å². The first-order valence-corrected chi connectivity index (χ1v) is 6.57. The van der Waals surface area contributed by atoms with Gasteiger partial charge in [-0.1, -0.05) is 0 Å². The molecule has 0 saturated heterocycles. The normalized spacial score (nSPS) is 10.9. The molecule has 2 aromatic rings. The summed E-state index contributed by atoms with van der Waals surface area (Å²) in [5.41, 5.74) is 1.06. The summed E-state index contributed by atoms with van der Waals surface area (Å²) in [5, 5.41) is 5.51. The van der Waals surface area contributed by atoms with E-state index in [-0.39, 0.29) is 11.5 Å². The lowest BCUT2D eigenvalue weighted by Crippen LogP contribution is -2.25. The first-order valence-electron chi connectivity index (χ1n) is 6.57. The smallest absolute Gasteiger partial charge is 0.272 e. The summed E-state index contributed by atoms with van der Waals surface area (Å²) in [5.74, 6) is -0.252. The molecule has 0 aromatic carbocycles. The Kier molecular flexibility index (Phi) is 4.52. The summed E-state index contributed by atoms with van der Waals surface area (Å²) in [6.07, 6.45) is 2.23. The molecular formula is C13H18N4O3. The van der Waals surface area contributed by atoms with Crippen LogP contribution in [0.3, 0.4) is 0 Å². The number of amides is 1. The minimum absolute atomic E-state index is 0.233. The van der Waals surface area contributed by atoms with Gasteiger partial charge in [-0.05, 0) is 20.3 Å². The van der Waals surface area contributed by atoms with Crippen molar-refractivity contribution >= 4 is 11.6 Å². The number of hydrogen-bond acceptors (Lipinski definition) is 4. The van der Waals surface area contributed by atoms with E-state index < -0.39 is 0 Å². The maximum atomic E-state index is 12.0. The lowest BCUT2D eigenvalue weighted by Gasteiger charge is -2.04. The van der Waals surface area contributed by atoms with Gasteiger partial charge in [0.1, 0.15) is 5.56 Å². The van der Waals surface area contributed by atoms with Crippen LogP contribution in [-0.2, 0) is 4.74 Å². The van der Waals surface area contributed by atoms with Crippen molar-refractivity contribution in [3.8, 4) is 0 Å². The van der Waals surface area contributed by atoms with Crippen LogP contribution in [0.1, 0.15) is 29.4 Å². The second kappa shape index (κ2) is 6.33. The highest BCUT2D eigenvalue weighted by Gasteiger charge is 2.14. The van der Waals surface area contributed by atoms with Crippen LogP contribution in [0.15, 0.2) is 17.1 Å². The van der Waals surface area contributed by atoms with Gasteiger partial charge in [0.25, 0.3) is 11.5 Å². The maximum Gasteiger partial charge on any atom is 0.272 e. The standard InChI is InChI=1S/C13H18N4O3/c1-3-20-6-4-5-14-13(19)10-8-15-17-11(18)7-9(2)16-12(10)17/h7-8,15H,3-6H2,1-2H3,(H,14,19). The third-order valence-corrected chi connectivity index (χ3v) is 2.83. The number of carbonyl (C=O) groups excluding carboxylic acids is 1. The molecule has 20 heavy (non-hydrogen) atoms. The number of carbonyl (C=O) groups is 1. The van der Waals surface area contributed by atoms with Crippen molar-refractivity contribution in [2.45, 2.75) is 20.3 Å². The Morgan fingerprint density at radius 3 is 3.10 bits per heavy atom. The Morgan fingerprint density at radius 2 is 2.35 bits per heavy atom. The van der Waals surface area contributed by atoms with Crippen LogP contribution in [0.4, 0.5) is 0 Å². The largest absolute Gasteiger partial charge is 0.382 e. The molecule has 0 fully saturated rings. The van der Waals surface area contributed by atoms with Gasteiger partial charge in [0, 0.05) is 37.7 Å². The first-order chi connectivity index (χ1) is 9.63. The summed E-state index contributed by atoms with van der Waals surface area (Å²) < 4.78 is 6.44. The highest BCUT2D eigenvalue weighted by molar-refractivity contribution is 5.99. The molecule has 7 nitrogen and oxygen atoms in total. The summed E-state index contributed by atoms with van der Waals surface area (Å²) in [7, 11) is 0. The Hall–Kier alpha value is -2.15. The molecule has 2 N–H and O–H groups in total. The van der Waals surface area contributed by atoms with Crippen LogP contribution >= 0.6 is 0 Å². The number of aromatic amines is 1. The number of nitrogens with zero attached hydrogens (tertiary/aromatic N) is 2. The average Bonchev–Trinajstić information content (AvgIpc) is 2.82. The quantitative estimate of drug-likeness (QED) is 0.753. The maximum absolute atomic E-state index is 12.0. The third kappa shape index (κ3) is 3.05. The number of nitrogens with one attached hydrogen (secondary N) is 2. The highest BCUT2D eigenvalue weighted by atomic mass is 16.5. The Balaban J connectivity index is 2.09. The second-order valence-electron chi connectivity index (χ2n) is 4.39. The van der Waals surface area contributed by atoms with Gasteiger partial charge in [0.2, 0.25) is 0 Å². The fourth-order valence-electron chi connectivity index (χ4n) is 1.88. The van der Waals surface area contributed by atoms with Gasteiger partial charge in [0.15, 0.2) is 5.65 Å². The third-order valence-electron chi connectivity index (χ3n) is 2.83. The van der Waals surface area contributed by atoms with Gasteiger partial charge in [-0.25, -0.2) is 9.50 Å². The zero-order valence-corrected chi connectivity index (χ0v) is 11.6. The molecule has 2 heterocycles. The van der Waals surface area contributed by atoms with Crippen LogP contribution in [0, 0.1) is 6.92 Å². The minimum atomic E-state index is -0.252. The number of fused-ring (bicyclic) bond motifs is 1. The fourth-order valence-corrected chi connectivity index (χ4v) is 1.88. The van der Waals surface area contributed by atoms with Gasteiger partial charge in [0.05, 0.1) is 0 Å². The number of H-pyrrole nitrogens is 1. The van der Waals surface area contributed by atoms with Crippen molar-refractivity contribution in [2.24, 2.45) is 0 Å². The summed E-state index contributed by atoms with van der Waals surface area (Å²) in [6.45, 7) is 5.45. The van der Waals surface area contributed by atoms with E-state index in [0.29, 0.717) is 36.7 Å². The van der Waals surface area contributed by atoms with Gasteiger partial charge in [-0.15, -0.1) is 0 Å². The average molecular weight is 278 g/mol. The van der Waals surface area contributed by atoms with Gasteiger partial charge in [-0.3, -0.25) is 14.7 Å². The van der Waals surface area contributed by atoms with Gasteiger partial charge < -0.3 is 10.1 Å². The lowest BCUT2D eigenvalue weighted by molar-refractivity contribution is 0.0945. The molecule has 0 unspecified atom stereocenters. The molecule has 2 aromatic heterocycles. The minimum Gasteiger partial charge on any atom is -0.382 e. The van der Waals surface area contributed by atoms with Crippen LogP contribution in [0.25, 0.3) is 5.65 Å². The number of ether oxygens (including phenoxy) is 1. The van der Waals surface area contributed by atoms with Crippen molar-refractivity contribution in [1.29, 1.82) is 0 Å². The summed E-state index contributed by atoms with van der Waals surface area (Å²) in [4.78, 5) is 28.0. The number of hydrogen-bond donors (Lipinski definition) is 2. The van der Waals surface area contributed by atoms with Crippen LogP contribution in [-0.4, -0.2) is 40.3 Å². The zero-order chi connectivity index (χ0) is 14.5.